The van der Waals surface area contributed by atoms with Crippen molar-refractivity contribution in [2.24, 2.45) is 0 Å². The summed E-state index contributed by atoms with van der Waals surface area (Å²) in [5.74, 6) is 0. The van der Waals surface area contributed by atoms with Crippen LogP contribution in [-0.2, 0) is 19.9 Å². The molecule has 1 aromatic heterocycles. The zero-order valence-corrected chi connectivity index (χ0v) is 13.1. The Morgan fingerprint density at radius 3 is 1.95 bits per heavy atom. The summed E-state index contributed by atoms with van der Waals surface area (Å²) in [6.45, 7) is 0. The molecule has 0 spiro atoms. The van der Waals surface area contributed by atoms with E-state index in [9.17, 15) is 16.8 Å². The molecule has 112 valence electrons. The molecular formula is C11H10ClN3O4S2. The molecule has 21 heavy (non-hydrogen) atoms. The van der Waals surface area contributed by atoms with Crippen LogP contribution in [0.4, 0.5) is 5.69 Å². The van der Waals surface area contributed by atoms with E-state index in [-0.39, 0.29) is 20.8 Å². The maximum atomic E-state index is 12.0. The van der Waals surface area contributed by atoms with Gasteiger partial charge in [0.1, 0.15) is 4.90 Å². The molecule has 2 aromatic rings. The zero-order chi connectivity index (χ0) is 15.7. The Morgan fingerprint density at radius 1 is 0.952 bits per heavy atom. The van der Waals surface area contributed by atoms with Crippen molar-refractivity contribution < 1.29 is 16.8 Å². The molecule has 0 aliphatic rings. The van der Waals surface area contributed by atoms with Crippen LogP contribution >= 0.6 is 11.6 Å². The topological polar surface area (TPSA) is 106 Å². The van der Waals surface area contributed by atoms with Gasteiger partial charge in [0.2, 0.25) is 5.28 Å². The highest BCUT2D eigenvalue weighted by Crippen LogP contribution is 2.18. The smallest absolute Gasteiger partial charge is 0.264 e. The number of sulfonamides is 1. The third kappa shape index (κ3) is 3.90. The average Bonchev–Trinajstić information content (AvgIpc) is 2.38. The Bertz CT molecular complexity index is 847. The van der Waals surface area contributed by atoms with Gasteiger partial charge in [0.05, 0.1) is 17.3 Å². The first-order valence-electron chi connectivity index (χ1n) is 5.49. The van der Waals surface area contributed by atoms with Crippen molar-refractivity contribution in [1.29, 1.82) is 0 Å². The Labute approximate surface area is 127 Å². The molecule has 1 aromatic carbocycles. The highest BCUT2D eigenvalue weighted by atomic mass is 35.5. The number of halogens is 1. The van der Waals surface area contributed by atoms with Gasteiger partial charge in [-0.1, -0.05) is 0 Å². The molecule has 0 aliphatic heterocycles. The van der Waals surface area contributed by atoms with Gasteiger partial charge in [0.25, 0.3) is 10.0 Å². The van der Waals surface area contributed by atoms with Crippen LogP contribution < -0.4 is 4.72 Å². The van der Waals surface area contributed by atoms with Crippen LogP contribution in [0.15, 0.2) is 46.5 Å². The molecule has 0 radical (unpaired) electrons. The van der Waals surface area contributed by atoms with E-state index in [4.69, 9.17) is 11.6 Å². The first-order valence-corrected chi connectivity index (χ1v) is 9.24. The molecule has 0 saturated heterocycles. The van der Waals surface area contributed by atoms with Gasteiger partial charge < -0.3 is 0 Å². The van der Waals surface area contributed by atoms with Gasteiger partial charge in [-0.05, 0) is 35.9 Å². The first kappa shape index (κ1) is 15.7. The number of anilines is 1. The van der Waals surface area contributed by atoms with E-state index in [0.29, 0.717) is 0 Å². The van der Waals surface area contributed by atoms with Gasteiger partial charge in [0, 0.05) is 11.9 Å². The fourth-order valence-electron chi connectivity index (χ4n) is 1.42. The fraction of sp³-hybridized carbons (Fsp3) is 0.0909. The van der Waals surface area contributed by atoms with Crippen LogP contribution in [0.1, 0.15) is 0 Å². The number of sulfone groups is 1. The van der Waals surface area contributed by atoms with Crippen molar-refractivity contribution in [2.75, 3.05) is 11.0 Å². The summed E-state index contributed by atoms with van der Waals surface area (Å²) in [5.41, 5.74) is 0.220. The lowest BCUT2D eigenvalue weighted by atomic mass is 10.3. The number of aromatic nitrogens is 2. The zero-order valence-electron chi connectivity index (χ0n) is 10.7. The van der Waals surface area contributed by atoms with E-state index in [2.05, 4.69) is 14.7 Å². The molecule has 1 heterocycles. The second kappa shape index (κ2) is 5.58. The first-order chi connectivity index (χ1) is 9.68. The summed E-state index contributed by atoms with van der Waals surface area (Å²) in [5, 5.41) is -0.0635. The average molecular weight is 348 g/mol. The van der Waals surface area contributed by atoms with Gasteiger partial charge in [-0.3, -0.25) is 4.72 Å². The molecule has 0 unspecified atom stereocenters. The van der Waals surface area contributed by atoms with E-state index in [1.165, 1.54) is 24.3 Å². The number of hydrogen-bond donors (Lipinski definition) is 1. The minimum Gasteiger partial charge on any atom is -0.280 e. The van der Waals surface area contributed by atoms with Crippen LogP contribution in [0.2, 0.25) is 5.28 Å². The summed E-state index contributed by atoms with van der Waals surface area (Å²) in [7, 11) is -7.19. The summed E-state index contributed by atoms with van der Waals surface area (Å²) < 4.78 is 49.0. The fourth-order valence-corrected chi connectivity index (χ4v) is 3.10. The predicted molar refractivity (Wildman–Crippen MR) is 77.4 cm³/mol. The lowest BCUT2D eigenvalue weighted by molar-refractivity contribution is 0.599. The van der Waals surface area contributed by atoms with Crippen LogP contribution in [0.25, 0.3) is 0 Å². The molecule has 10 heteroatoms. The summed E-state index contributed by atoms with van der Waals surface area (Å²) in [6, 6.07) is 5.33. The Kier molecular flexibility index (Phi) is 4.17. The van der Waals surface area contributed by atoms with Crippen molar-refractivity contribution in [1.82, 2.24) is 9.97 Å². The maximum Gasteiger partial charge on any atom is 0.264 e. The molecule has 7 nitrogen and oxygen atoms in total. The largest absolute Gasteiger partial charge is 0.280 e. The van der Waals surface area contributed by atoms with Crippen molar-refractivity contribution in [3.8, 4) is 0 Å². The van der Waals surface area contributed by atoms with Gasteiger partial charge >= 0.3 is 0 Å². The van der Waals surface area contributed by atoms with Gasteiger partial charge in [-0.2, -0.15) is 0 Å². The van der Waals surface area contributed by atoms with Crippen LogP contribution in [0, 0.1) is 0 Å². The van der Waals surface area contributed by atoms with Crippen LogP contribution in [0.3, 0.4) is 0 Å². The molecule has 0 aliphatic carbocycles. The van der Waals surface area contributed by atoms with Gasteiger partial charge in [-0.25, -0.2) is 26.8 Å². The summed E-state index contributed by atoms with van der Waals surface area (Å²) in [4.78, 5) is 7.12. The van der Waals surface area contributed by atoms with E-state index in [0.717, 1.165) is 18.6 Å². The number of rotatable bonds is 4. The quantitative estimate of drug-likeness (QED) is 0.836. The third-order valence-corrected chi connectivity index (χ3v) is 5.10. The Morgan fingerprint density at radius 2 is 1.48 bits per heavy atom. The monoisotopic (exact) mass is 347 g/mol. The number of nitrogens with zero attached hydrogens (tertiary/aromatic N) is 2. The lowest BCUT2D eigenvalue weighted by Gasteiger charge is -2.08. The normalized spacial score (nSPS) is 12.1. The van der Waals surface area contributed by atoms with E-state index >= 15 is 0 Å². The lowest BCUT2D eigenvalue weighted by Crippen LogP contribution is -2.13. The number of hydrogen-bond acceptors (Lipinski definition) is 6. The van der Waals surface area contributed by atoms with Crippen molar-refractivity contribution in [3.05, 3.63) is 41.9 Å². The molecule has 0 fully saturated rings. The molecule has 0 atom stereocenters. The SMILES string of the molecule is CS(=O)(=O)c1ccc(NS(=O)(=O)c2cnc(Cl)nc2)cc1. The highest BCUT2D eigenvalue weighted by Gasteiger charge is 2.16. The Hall–Kier alpha value is -1.71. The highest BCUT2D eigenvalue weighted by molar-refractivity contribution is 7.92. The molecule has 2 rings (SSSR count). The summed E-state index contributed by atoms with van der Waals surface area (Å²) in [6.07, 6.45) is 3.21. The van der Waals surface area contributed by atoms with E-state index in [1.54, 1.807) is 0 Å². The van der Waals surface area contributed by atoms with E-state index < -0.39 is 19.9 Å². The minimum atomic E-state index is -3.86. The third-order valence-electron chi connectivity index (χ3n) is 2.44. The molecular weight excluding hydrogens is 338 g/mol. The predicted octanol–water partition coefficient (Wildman–Crippen LogP) is 1.33. The number of nitrogens with one attached hydrogen (secondary N) is 1. The molecule has 0 bridgehead atoms. The second-order valence-corrected chi connectivity index (χ2v) is 8.13. The van der Waals surface area contributed by atoms with Crippen molar-refractivity contribution in [3.63, 3.8) is 0 Å². The van der Waals surface area contributed by atoms with E-state index in [1.807, 2.05) is 0 Å². The van der Waals surface area contributed by atoms with Crippen molar-refractivity contribution >= 4 is 37.1 Å². The standard InChI is InChI=1S/C11H10ClN3O4S2/c1-20(16,17)9-4-2-8(3-5-9)15-21(18,19)10-6-13-11(12)14-7-10/h2-7,15H,1H3. The maximum absolute atomic E-state index is 12.0. The minimum absolute atomic E-state index is 0.0635. The van der Waals surface area contributed by atoms with Crippen LogP contribution in [0.5, 0.6) is 0 Å². The second-order valence-electron chi connectivity index (χ2n) is 4.09. The molecule has 1 N–H and O–H groups in total. The van der Waals surface area contributed by atoms with Crippen molar-refractivity contribution in [2.45, 2.75) is 9.79 Å². The van der Waals surface area contributed by atoms with Crippen LogP contribution in [-0.4, -0.2) is 33.1 Å². The van der Waals surface area contributed by atoms with Gasteiger partial charge in [0.15, 0.2) is 9.84 Å². The number of benzene rings is 1. The Balaban J connectivity index is 2.27. The molecule has 0 saturated carbocycles. The summed E-state index contributed by atoms with van der Waals surface area (Å²) >= 11 is 5.49. The molecule has 0 amide bonds. The van der Waals surface area contributed by atoms with Gasteiger partial charge in [-0.15, -0.1) is 0 Å².